The van der Waals surface area contributed by atoms with Crippen LogP contribution in [0.25, 0.3) is 0 Å². The van der Waals surface area contributed by atoms with E-state index in [2.05, 4.69) is 6.07 Å². The summed E-state index contributed by atoms with van der Waals surface area (Å²) in [6, 6.07) is 17.8. The third kappa shape index (κ3) is 4.02. The van der Waals surface area contributed by atoms with Crippen LogP contribution in [0.15, 0.2) is 59.7 Å². The van der Waals surface area contributed by atoms with Crippen molar-refractivity contribution in [1.29, 1.82) is 0 Å². The standard InChI is InChI=1S/C28H30N2O6/c1-6-35-19-12-10-17(11-13-19)21-16-22-20-8-7-9-23(31-2)26(20)36-28(30(22)29-21)18-14-24(32-3)27(34-5)25(15-18)33-4/h7-15,22,28H,6,16H2,1-5H3/t22-,28+/m1/s1. The van der Waals surface area contributed by atoms with Crippen molar-refractivity contribution < 1.29 is 28.4 Å². The van der Waals surface area contributed by atoms with Crippen LogP contribution in [0.2, 0.25) is 0 Å². The molecule has 0 amide bonds. The van der Waals surface area contributed by atoms with Gasteiger partial charge in [0.2, 0.25) is 12.0 Å². The fraction of sp³-hybridized carbons (Fsp3) is 0.321. The summed E-state index contributed by atoms with van der Waals surface area (Å²) in [5, 5.41) is 7.06. The molecule has 3 aromatic rings. The Morgan fingerprint density at radius 2 is 1.58 bits per heavy atom. The van der Waals surface area contributed by atoms with E-state index in [0.29, 0.717) is 35.4 Å². The minimum absolute atomic E-state index is 0.0329. The molecule has 2 aliphatic heterocycles. The number of para-hydroxylation sites is 1. The largest absolute Gasteiger partial charge is 0.494 e. The van der Waals surface area contributed by atoms with Gasteiger partial charge in [-0.1, -0.05) is 12.1 Å². The second kappa shape index (κ2) is 9.89. The summed E-state index contributed by atoms with van der Waals surface area (Å²) in [6.07, 6.45) is 0.186. The van der Waals surface area contributed by atoms with Crippen LogP contribution < -0.4 is 28.4 Å². The van der Waals surface area contributed by atoms with Crippen LogP contribution in [0, 0.1) is 0 Å². The molecular formula is C28H30N2O6. The second-order valence-electron chi connectivity index (χ2n) is 8.41. The van der Waals surface area contributed by atoms with Gasteiger partial charge in [-0.05, 0) is 55.0 Å². The molecule has 0 N–H and O–H groups in total. The highest BCUT2D eigenvalue weighted by Gasteiger charge is 2.42. The Kier molecular flexibility index (Phi) is 6.50. The van der Waals surface area contributed by atoms with Gasteiger partial charge in [0.1, 0.15) is 5.75 Å². The van der Waals surface area contributed by atoms with E-state index in [1.54, 1.807) is 28.4 Å². The molecule has 0 bridgehead atoms. The first kappa shape index (κ1) is 23.7. The predicted molar refractivity (Wildman–Crippen MR) is 136 cm³/mol. The molecule has 5 rings (SSSR count). The molecule has 0 saturated carbocycles. The summed E-state index contributed by atoms with van der Waals surface area (Å²) in [7, 11) is 6.43. The van der Waals surface area contributed by atoms with Crippen molar-refractivity contribution in [2.75, 3.05) is 35.0 Å². The highest BCUT2D eigenvalue weighted by atomic mass is 16.5. The summed E-state index contributed by atoms with van der Waals surface area (Å²) in [4.78, 5) is 0. The molecule has 188 valence electrons. The van der Waals surface area contributed by atoms with Gasteiger partial charge in [-0.15, -0.1) is 0 Å². The lowest BCUT2D eigenvalue weighted by Gasteiger charge is -2.38. The van der Waals surface area contributed by atoms with Crippen LogP contribution in [0.4, 0.5) is 0 Å². The van der Waals surface area contributed by atoms with Gasteiger partial charge in [0.25, 0.3) is 0 Å². The average molecular weight is 491 g/mol. The molecule has 2 aliphatic rings. The molecule has 0 unspecified atom stereocenters. The number of fused-ring (bicyclic) bond motifs is 3. The van der Waals surface area contributed by atoms with Crippen molar-refractivity contribution in [3.8, 4) is 34.5 Å². The van der Waals surface area contributed by atoms with Crippen LogP contribution in [0.1, 0.15) is 42.3 Å². The number of hydrazone groups is 1. The molecule has 3 aromatic carbocycles. The van der Waals surface area contributed by atoms with Gasteiger partial charge in [0.15, 0.2) is 23.0 Å². The van der Waals surface area contributed by atoms with Crippen LogP contribution >= 0.6 is 0 Å². The average Bonchev–Trinajstić information content (AvgIpc) is 3.37. The highest BCUT2D eigenvalue weighted by molar-refractivity contribution is 6.02. The van der Waals surface area contributed by atoms with Gasteiger partial charge in [-0.3, -0.25) is 0 Å². The van der Waals surface area contributed by atoms with E-state index in [9.17, 15) is 0 Å². The second-order valence-corrected chi connectivity index (χ2v) is 8.41. The molecule has 0 aliphatic carbocycles. The Morgan fingerprint density at radius 1 is 0.889 bits per heavy atom. The summed E-state index contributed by atoms with van der Waals surface area (Å²) < 4.78 is 34.6. The van der Waals surface area contributed by atoms with Crippen molar-refractivity contribution in [2.45, 2.75) is 25.6 Å². The first-order valence-electron chi connectivity index (χ1n) is 11.8. The normalized spacial score (nSPS) is 17.9. The van der Waals surface area contributed by atoms with E-state index in [1.807, 2.05) is 60.5 Å². The molecule has 2 atom stereocenters. The molecule has 8 heteroatoms. The highest BCUT2D eigenvalue weighted by Crippen LogP contribution is 2.52. The van der Waals surface area contributed by atoms with Crippen LogP contribution in [-0.4, -0.2) is 45.8 Å². The number of ether oxygens (including phenoxy) is 6. The first-order valence-corrected chi connectivity index (χ1v) is 11.8. The molecular weight excluding hydrogens is 460 g/mol. The maximum atomic E-state index is 6.58. The monoisotopic (exact) mass is 490 g/mol. The smallest absolute Gasteiger partial charge is 0.214 e. The first-order chi connectivity index (χ1) is 17.6. The fourth-order valence-electron chi connectivity index (χ4n) is 4.79. The Labute approximate surface area is 210 Å². The lowest BCUT2D eigenvalue weighted by Crippen LogP contribution is -2.34. The van der Waals surface area contributed by atoms with E-state index in [4.69, 9.17) is 33.5 Å². The lowest BCUT2D eigenvalue weighted by molar-refractivity contribution is -0.0211. The van der Waals surface area contributed by atoms with Crippen molar-refractivity contribution in [2.24, 2.45) is 5.10 Å². The molecule has 2 heterocycles. The molecule has 0 fully saturated rings. The van der Waals surface area contributed by atoms with Gasteiger partial charge >= 0.3 is 0 Å². The van der Waals surface area contributed by atoms with E-state index in [-0.39, 0.29) is 6.04 Å². The van der Waals surface area contributed by atoms with E-state index >= 15 is 0 Å². The third-order valence-electron chi connectivity index (χ3n) is 6.47. The Bertz CT molecular complexity index is 1250. The zero-order chi connectivity index (χ0) is 25.2. The molecule has 0 spiro atoms. The van der Waals surface area contributed by atoms with Crippen LogP contribution in [-0.2, 0) is 0 Å². The van der Waals surface area contributed by atoms with Crippen molar-refractivity contribution >= 4 is 5.71 Å². The molecule has 0 saturated heterocycles. The summed E-state index contributed by atoms with van der Waals surface area (Å²) in [5.41, 5.74) is 3.87. The van der Waals surface area contributed by atoms with Gasteiger partial charge < -0.3 is 28.4 Å². The SMILES string of the molecule is CCOc1ccc(C2=NN3[C@H](C2)c2cccc(OC)c2O[C@H]3c2cc(OC)c(OC)c(OC)c2)cc1. The molecule has 8 nitrogen and oxygen atoms in total. The summed E-state index contributed by atoms with van der Waals surface area (Å²) in [6.45, 7) is 2.60. The van der Waals surface area contributed by atoms with Crippen LogP contribution in [0.3, 0.4) is 0 Å². The summed E-state index contributed by atoms with van der Waals surface area (Å²) in [5.74, 6) is 3.85. The van der Waals surface area contributed by atoms with Gasteiger partial charge in [-0.25, -0.2) is 5.01 Å². The Morgan fingerprint density at radius 3 is 2.19 bits per heavy atom. The van der Waals surface area contributed by atoms with E-state index < -0.39 is 6.23 Å². The molecule has 0 radical (unpaired) electrons. The zero-order valence-electron chi connectivity index (χ0n) is 21.1. The number of rotatable bonds is 8. The fourth-order valence-corrected chi connectivity index (χ4v) is 4.79. The maximum absolute atomic E-state index is 6.58. The topological polar surface area (TPSA) is 71.0 Å². The third-order valence-corrected chi connectivity index (χ3v) is 6.47. The molecule has 36 heavy (non-hydrogen) atoms. The zero-order valence-corrected chi connectivity index (χ0v) is 21.1. The van der Waals surface area contributed by atoms with Crippen molar-refractivity contribution in [3.05, 3.63) is 71.3 Å². The summed E-state index contributed by atoms with van der Waals surface area (Å²) >= 11 is 0. The van der Waals surface area contributed by atoms with Crippen molar-refractivity contribution in [1.82, 2.24) is 5.01 Å². The number of benzene rings is 3. The minimum Gasteiger partial charge on any atom is -0.494 e. The number of hydrogen-bond acceptors (Lipinski definition) is 8. The Hall–Kier alpha value is -4.07. The van der Waals surface area contributed by atoms with E-state index in [0.717, 1.165) is 34.6 Å². The minimum atomic E-state index is -0.535. The van der Waals surface area contributed by atoms with Gasteiger partial charge in [-0.2, -0.15) is 5.10 Å². The van der Waals surface area contributed by atoms with Gasteiger partial charge in [0, 0.05) is 17.5 Å². The number of hydrogen-bond donors (Lipinski definition) is 0. The molecule has 0 aromatic heterocycles. The van der Waals surface area contributed by atoms with Gasteiger partial charge in [0.05, 0.1) is 46.8 Å². The maximum Gasteiger partial charge on any atom is 0.214 e. The number of methoxy groups -OCH3 is 4. The van der Waals surface area contributed by atoms with Crippen molar-refractivity contribution in [3.63, 3.8) is 0 Å². The lowest BCUT2D eigenvalue weighted by atomic mass is 9.95. The number of nitrogens with zero attached hydrogens (tertiary/aromatic N) is 2. The quantitative estimate of drug-likeness (QED) is 0.421. The predicted octanol–water partition coefficient (Wildman–Crippen LogP) is 5.36. The Balaban J connectivity index is 1.61. The van der Waals surface area contributed by atoms with Crippen LogP contribution in [0.5, 0.6) is 34.5 Å². The van der Waals surface area contributed by atoms with E-state index in [1.165, 1.54) is 0 Å².